The third-order valence-corrected chi connectivity index (χ3v) is 3.06. The minimum atomic E-state index is -0.359. The van der Waals surface area contributed by atoms with Crippen LogP contribution in [0.3, 0.4) is 0 Å². The molecule has 5 heteroatoms. The first kappa shape index (κ1) is 13.1. The summed E-state index contributed by atoms with van der Waals surface area (Å²) in [6, 6.07) is 15.7. The van der Waals surface area contributed by atoms with Crippen LogP contribution >= 0.6 is 15.9 Å². The molecule has 0 radical (unpaired) electrons. The summed E-state index contributed by atoms with van der Waals surface area (Å²) in [5, 5.41) is 14.2. The summed E-state index contributed by atoms with van der Waals surface area (Å²) in [6.45, 7) is 0. The summed E-state index contributed by atoms with van der Waals surface area (Å²) in [7, 11) is 0. The van der Waals surface area contributed by atoms with E-state index in [1.165, 1.54) is 0 Å². The molecule has 2 rings (SSSR count). The van der Waals surface area contributed by atoms with Gasteiger partial charge in [0.1, 0.15) is 0 Å². The number of carbonyl (C=O) groups excluding carboxylic acids is 1. The molecule has 19 heavy (non-hydrogen) atoms. The molecule has 94 valence electrons. The van der Waals surface area contributed by atoms with Crippen molar-refractivity contribution in [1.29, 1.82) is 5.26 Å². The van der Waals surface area contributed by atoms with Gasteiger partial charge in [-0.3, -0.25) is 0 Å². The standard InChI is InChI=1S/C14H10BrN3O/c15-12-6-1-2-7-13(12)18-14(19)17-11-5-3-4-10(8-11)9-16/h1-8H,(H2,17,18,19). The van der Waals surface area contributed by atoms with Gasteiger partial charge < -0.3 is 10.6 Å². The van der Waals surface area contributed by atoms with Crippen molar-refractivity contribution in [1.82, 2.24) is 0 Å². The Morgan fingerprint density at radius 2 is 1.89 bits per heavy atom. The first-order valence-corrected chi connectivity index (χ1v) is 6.31. The first-order valence-electron chi connectivity index (χ1n) is 5.52. The van der Waals surface area contributed by atoms with Gasteiger partial charge >= 0.3 is 6.03 Å². The van der Waals surface area contributed by atoms with Crippen molar-refractivity contribution in [3.63, 3.8) is 0 Å². The van der Waals surface area contributed by atoms with E-state index >= 15 is 0 Å². The summed E-state index contributed by atoms with van der Waals surface area (Å²) >= 11 is 3.35. The molecule has 0 unspecified atom stereocenters. The number of benzene rings is 2. The Bertz CT molecular complexity index is 649. The van der Waals surface area contributed by atoms with Crippen molar-refractivity contribution < 1.29 is 4.79 Å². The van der Waals surface area contributed by atoms with Crippen LogP contribution in [-0.2, 0) is 0 Å². The second-order valence-corrected chi connectivity index (χ2v) is 4.61. The maximum atomic E-state index is 11.8. The summed E-state index contributed by atoms with van der Waals surface area (Å²) in [6.07, 6.45) is 0. The van der Waals surface area contributed by atoms with Gasteiger partial charge in [0, 0.05) is 10.2 Å². The lowest BCUT2D eigenvalue weighted by Gasteiger charge is -2.09. The molecule has 4 nitrogen and oxygen atoms in total. The summed E-state index contributed by atoms with van der Waals surface area (Å²) in [5.74, 6) is 0. The van der Waals surface area contributed by atoms with Crippen molar-refractivity contribution in [3.05, 3.63) is 58.6 Å². The predicted octanol–water partition coefficient (Wildman–Crippen LogP) is 3.96. The molecule has 2 amide bonds. The van der Waals surface area contributed by atoms with Gasteiger partial charge in [0.2, 0.25) is 0 Å². The molecule has 0 spiro atoms. The molecule has 2 N–H and O–H groups in total. The first-order chi connectivity index (χ1) is 9.19. The maximum absolute atomic E-state index is 11.8. The zero-order valence-electron chi connectivity index (χ0n) is 9.85. The monoisotopic (exact) mass is 315 g/mol. The minimum Gasteiger partial charge on any atom is -0.308 e. The van der Waals surface area contributed by atoms with Crippen molar-refractivity contribution in [2.75, 3.05) is 10.6 Å². The van der Waals surface area contributed by atoms with E-state index in [1.807, 2.05) is 24.3 Å². The number of nitrogens with one attached hydrogen (secondary N) is 2. The Hall–Kier alpha value is -2.32. The highest BCUT2D eigenvalue weighted by molar-refractivity contribution is 9.10. The Morgan fingerprint density at radius 1 is 1.11 bits per heavy atom. The number of anilines is 2. The molecule has 2 aromatic rings. The van der Waals surface area contributed by atoms with Gasteiger partial charge in [-0.25, -0.2) is 4.79 Å². The van der Waals surface area contributed by atoms with Gasteiger partial charge in [-0.1, -0.05) is 18.2 Å². The topological polar surface area (TPSA) is 64.9 Å². The average molecular weight is 316 g/mol. The number of urea groups is 1. The van der Waals surface area contributed by atoms with Gasteiger partial charge in [0.15, 0.2) is 0 Å². The number of hydrogen-bond acceptors (Lipinski definition) is 2. The second-order valence-electron chi connectivity index (χ2n) is 3.75. The fourth-order valence-corrected chi connectivity index (χ4v) is 1.90. The number of hydrogen-bond donors (Lipinski definition) is 2. The van der Waals surface area contributed by atoms with Crippen molar-refractivity contribution in [2.45, 2.75) is 0 Å². The number of amides is 2. The van der Waals surface area contributed by atoms with Crippen LogP contribution < -0.4 is 10.6 Å². The van der Waals surface area contributed by atoms with Crippen LogP contribution in [0.1, 0.15) is 5.56 Å². The van der Waals surface area contributed by atoms with Crippen molar-refractivity contribution in [2.24, 2.45) is 0 Å². The fourth-order valence-electron chi connectivity index (χ4n) is 1.51. The quantitative estimate of drug-likeness (QED) is 0.880. The smallest absolute Gasteiger partial charge is 0.308 e. The van der Waals surface area contributed by atoms with Crippen LogP contribution in [0.4, 0.5) is 16.2 Å². The Morgan fingerprint density at radius 3 is 2.63 bits per heavy atom. The second kappa shape index (κ2) is 6.03. The van der Waals surface area contributed by atoms with Crippen LogP contribution in [0.15, 0.2) is 53.0 Å². The highest BCUT2D eigenvalue weighted by atomic mass is 79.9. The molecule has 0 aliphatic rings. The molecular formula is C14H10BrN3O. The zero-order chi connectivity index (χ0) is 13.7. The number of halogens is 1. The van der Waals surface area contributed by atoms with Gasteiger partial charge in [-0.15, -0.1) is 0 Å². The number of rotatable bonds is 2. The number of nitrogens with zero attached hydrogens (tertiary/aromatic N) is 1. The van der Waals surface area contributed by atoms with E-state index in [1.54, 1.807) is 30.3 Å². The van der Waals surface area contributed by atoms with Crippen LogP contribution in [-0.4, -0.2) is 6.03 Å². The van der Waals surface area contributed by atoms with Gasteiger partial charge in [-0.05, 0) is 46.3 Å². The molecule has 0 heterocycles. The van der Waals surface area contributed by atoms with E-state index in [-0.39, 0.29) is 6.03 Å². The summed E-state index contributed by atoms with van der Waals surface area (Å²) in [4.78, 5) is 11.8. The van der Waals surface area contributed by atoms with Crippen molar-refractivity contribution in [3.8, 4) is 6.07 Å². The lowest BCUT2D eigenvalue weighted by atomic mass is 10.2. The van der Waals surface area contributed by atoms with E-state index in [2.05, 4.69) is 26.6 Å². The minimum absolute atomic E-state index is 0.359. The van der Waals surface area contributed by atoms with Crippen molar-refractivity contribution >= 4 is 33.3 Å². The molecule has 0 fully saturated rings. The number of carbonyl (C=O) groups is 1. The normalized spacial score (nSPS) is 9.47. The number of para-hydroxylation sites is 1. The van der Waals surface area contributed by atoms with E-state index in [0.717, 1.165) is 4.47 Å². The third kappa shape index (κ3) is 3.57. The molecular weight excluding hydrogens is 306 g/mol. The van der Waals surface area contributed by atoms with Crippen LogP contribution in [0, 0.1) is 11.3 Å². The van der Waals surface area contributed by atoms with Gasteiger partial charge in [0.05, 0.1) is 17.3 Å². The summed E-state index contributed by atoms with van der Waals surface area (Å²) < 4.78 is 0.802. The SMILES string of the molecule is N#Cc1cccc(NC(=O)Nc2ccccc2Br)c1. The maximum Gasteiger partial charge on any atom is 0.323 e. The molecule has 2 aromatic carbocycles. The van der Waals surface area contributed by atoms with Crippen LogP contribution in [0.5, 0.6) is 0 Å². The molecule has 0 aliphatic carbocycles. The van der Waals surface area contributed by atoms with E-state index in [0.29, 0.717) is 16.9 Å². The predicted molar refractivity (Wildman–Crippen MR) is 77.9 cm³/mol. The van der Waals surface area contributed by atoms with Crippen LogP contribution in [0.2, 0.25) is 0 Å². The Balaban J connectivity index is 2.06. The Kier molecular flexibility index (Phi) is 4.16. The molecule has 0 bridgehead atoms. The number of nitriles is 1. The molecule has 0 aromatic heterocycles. The third-order valence-electron chi connectivity index (χ3n) is 2.37. The highest BCUT2D eigenvalue weighted by Gasteiger charge is 2.05. The largest absolute Gasteiger partial charge is 0.323 e. The fraction of sp³-hybridized carbons (Fsp3) is 0. The lowest BCUT2D eigenvalue weighted by Crippen LogP contribution is -2.19. The molecule has 0 atom stereocenters. The van der Waals surface area contributed by atoms with E-state index in [9.17, 15) is 4.79 Å². The van der Waals surface area contributed by atoms with E-state index < -0.39 is 0 Å². The van der Waals surface area contributed by atoms with Crippen LogP contribution in [0.25, 0.3) is 0 Å². The molecule has 0 saturated carbocycles. The Labute approximate surface area is 119 Å². The van der Waals surface area contributed by atoms with Gasteiger partial charge in [0.25, 0.3) is 0 Å². The highest BCUT2D eigenvalue weighted by Crippen LogP contribution is 2.21. The average Bonchev–Trinajstić information content (AvgIpc) is 2.41. The lowest BCUT2D eigenvalue weighted by molar-refractivity contribution is 0.262. The van der Waals surface area contributed by atoms with Gasteiger partial charge in [-0.2, -0.15) is 5.26 Å². The molecule has 0 saturated heterocycles. The summed E-state index contributed by atoms with van der Waals surface area (Å²) in [5.41, 5.74) is 1.75. The van der Waals surface area contributed by atoms with E-state index in [4.69, 9.17) is 5.26 Å². The molecule has 0 aliphatic heterocycles. The zero-order valence-corrected chi connectivity index (χ0v) is 11.4.